The van der Waals surface area contributed by atoms with Gasteiger partial charge in [-0.05, 0) is 31.6 Å². The van der Waals surface area contributed by atoms with Gasteiger partial charge in [0, 0.05) is 31.8 Å². The largest absolute Gasteiger partial charge is 0.481 e. The molecule has 0 aromatic carbocycles. The zero-order valence-corrected chi connectivity index (χ0v) is 36.3. The highest BCUT2D eigenvalue weighted by atomic mass is 16.5. The fraction of sp³-hybridized carbons (Fsp3) is 0.860. The molecule has 58 heavy (non-hydrogen) atoms. The number of rotatable bonds is 42. The molecule has 0 aromatic rings. The Labute approximate surface area is 348 Å². The number of ether oxygens (including phenoxy) is 4. The Morgan fingerprint density at radius 1 is 0.483 bits per heavy atom. The number of unbranched alkanes of at least 4 members (excludes halogenated alkanes) is 10. The normalized spacial score (nSPS) is 13.3. The topological polar surface area (TPSA) is 216 Å². The maximum atomic E-state index is 12.3. The van der Waals surface area contributed by atoms with Gasteiger partial charge in [-0.2, -0.15) is 0 Å². The number of Topliss-reactive ketones (excluding diaryl/α,β-unsaturated/α-hetero) is 1. The van der Waals surface area contributed by atoms with Crippen LogP contribution in [0, 0.1) is 17.8 Å². The minimum atomic E-state index is -1.17. The molecule has 0 fully saturated rings. The van der Waals surface area contributed by atoms with E-state index in [1.54, 1.807) is 6.92 Å². The Hall–Kier alpha value is -3.14. The Kier molecular flexibility index (Phi) is 36.0. The smallest absolute Gasteiger partial charge is 0.326 e. The van der Waals surface area contributed by atoms with E-state index in [2.05, 4.69) is 22.9 Å². The van der Waals surface area contributed by atoms with Crippen molar-refractivity contribution in [1.29, 1.82) is 0 Å². The van der Waals surface area contributed by atoms with Crippen LogP contribution in [0.1, 0.15) is 150 Å². The fourth-order valence-corrected chi connectivity index (χ4v) is 6.02. The van der Waals surface area contributed by atoms with Crippen LogP contribution in [0.5, 0.6) is 0 Å². The maximum absolute atomic E-state index is 12.3. The van der Waals surface area contributed by atoms with Gasteiger partial charge in [-0.15, -0.1) is 0 Å². The first-order valence-corrected chi connectivity index (χ1v) is 22.0. The number of ketones is 1. The molecule has 0 aliphatic heterocycles. The molecule has 0 radical (unpaired) electrons. The second-order valence-electron chi connectivity index (χ2n) is 15.5. The van der Waals surface area contributed by atoms with Crippen LogP contribution in [0.3, 0.4) is 0 Å². The fourth-order valence-electron chi connectivity index (χ4n) is 6.02. The predicted octanol–water partition coefficient (Wildman–Crippen LogP) is 5.85. The molecule has 0 bridgehead atoms. The van der Waals surface area contributed by atoms with Crippen molar-refractivity contribution < 1.29 is 57.9 Å². The highest BCUT2D eigenvalue weighted by molar-refractivity contribution is 5.84. The highest BCUT2D eigenvalue weighted by Crippen LogP contribution is 2.19. The van der Waals surface area contributed by atoms with E-state index in [9.17, 15) is 33.9 Å². The third-order valence-electron chi connectivity index (χ3n) is 10.2. The first-order chi connectivity index (χ1) is 27.9. The molecule has 0 aromatic heterocycles. The van der Waals surface area contributed by atoms with Crippen LogP contribution in [0.2, 0.25) is 0 Å². The molecule has 4 atom stereocenters. The molecule has 0 aliphatic carbocycles. The van der Waals surface area contributed by atoms with Crippen molar-refractivity contribution in [3.8, 4) is 0 Å². The van der Waals surface area contributed by atoms with Crippen LogP contribution in [-0.4, -0.2) is 118 Å². The van der Waals surface area contributed by atoms with Crippen molar-refractivity contribution in [3.63, 3.8) is 0 Å². The zero-order valence-electron chi connectivity index (χ0n) is 36.3. The van der Waals surface area contributed by atoms with Crippen molar-refractivity contribution in [2.45, 2.75) is 156 Å². The molecular weight excluding hydrogens is 750 g/mol. The molecule has 0 saturated carbocycles. The summed E-state index contributed by atoms with van der Waals surface area (Å²) in [5, 5.41) is 26.4. The molecule has 0 heterocycles. The lowest BCUT2D eigenvalue weighted by molar-refractivity contribution is -0.142. The van der Waals surface area contributed by atoms with E-state index >= 15 is 0 Å². The van der Waals surface area contributed by atoms with Crippen molar-refractivity contribution in [2.75, 3.05) is 65.9 Å². The molecule has 0 aliphatic rings. The van der Waals surface area contributed by atoms with Gasteiger partial charge in [0.05, 0.1) is 45.6 Å². The summed E-state index contributed by atoms with van der Waals surface area (Å²) in [7, 11) is 0. The number of hydrogen-bond donors (Lipinski definition) is 5. The molecule has 338 valence electrons. The second kappa shape index (κ2) is 38.1. The molecule has 0 rings (SSSR count). The second-order valence-corrected chi connectivity index (χ2v) is 15.5. The number of carbonyl (C=O) groups is 6. The SMILES string of the molecule is CCC(C)C(=O)COCCOCCNC(=O)COCCOCCNC(=O)CC[C@H](NC(=O)CCCCCCCCCCCCCC(C)CCCC(C)C(=O)O)C(=O)O. The van der Waals surface area contributed by atoms with Gasteiger partial charge >= 0.3 is 11.9 Å². The summed E-state index contributed by atoms with van der Waals surface area (Å²) in [4.78, 5) is 70.6. The Morgan fingerprint density at radius 2 is 0.983 bits per heavy atom. The summed E-state index contributed by atoms with van der Waals surface area (Å²) >= 11 is 0. The quantitative estimate of drug-likeness (QED) is 0.0459. The van der Waals surface area contributed by atoms with Crippen LogP contribution in [0.4, 0.5) is 0 Å². The molecule has 3 amide bonds. The van der Waals surface area contributed by atoms with E-state index in [1.165, 1.54) is 51.4 Å². The Morgan fingerprint density at radius 3 is 1.53 bits per heavy atom. The van der Waals surface area contributed by atoms with E-state index in [0.29, 0.717) is 38.7 Å². The van der Waals surface area contributed by atoms with E-state index in [0.717, 1.165) is 44.9 Å². The van der Waals surface area contributed by atoms with Crippen LogP contribution < -0.4 is 16.0 Å². The predicted molar refractivity (Wildman–Crippen MR) is 222 cm³/mol. The molecule has 3 unspecified atom stereocenters. The maximum Gasteiger partial charge on any atom is 0.326 e. The lowest BCUT2D eigenvalue weighted by Crippen LogP contribution is -2.41. The van der Waals surface area contributed by atoms with Gasteiger partial charge < -0.3 is 45.1 Å². The van der Waals surface area contributed by atoms with Crippen LogP contribution in [0.15, 0.2) is 0 Å². The molecule has 0 saturated heterocycles. The number of carboxylic acid groups (broad SMARTS) is 2. The average molecular weight is 830 g/mol. The van der Waals surface area contributed by atoms with E-state index < -0.39 is 18.0 Å². The molecule has 15 heteroatoms. The van der Waals surface area contributed by atoms with Gasteiger partial charge in [0.1, 0.15) is 19.3 Å². The van der Waals surface area contributed by atoms with Crippen molar-refractivity contribution >= 4 is 35.4 Å². The molecule has 0 spiro atoms. The Balaban J connectivity index is 3.69. The Bertz CT molecular complexity index is 1110. The van der Waals surface area contributed by atoms with Crippen LogP contribution in [0.25, 0.3) is 0 Å². The standard InChI is InChI=1S/C43H79N3O12/c1-5-35(3)38(47)32-57-30-28-56-27-25-45-41(50)33-58-31-29-55-26-24-44-39(48)23-22-37(43(53)54)46-40(49)21-16-14-12-10-8-6-7-9-11-13-15-18-34(2)19-17-20-36(4)42(51)52/h34-37H,5-33H2,1-4H3,(H,44,48)(H,45,50)(H,46,49)(H,51,52)(H,53,54)/t34?,35?,36?,37-/m0/s1. The third-order valence-corrected chi connectivity index (χ3v) is 10.2. The molecule has 15 nitrogen and oxygen atoms in total. The number of aliphatic carboxylic acids is 2. The first kappa shape index (κ1) is 54.9. The average Bonchev–Trinajstić information content (AvgIpc) is 3.19. The third kappa shape index (κ3) is 34.9. The van der Waals surface area contributed by atoms with E-state index in [1.807, 2.05) is 13.8 Å². The van der Waals surface area contributed by atoms with Crippen molar-refractivity contribution in [1.82, 2.24) is 16.0 Å². The van der Waals surface area contributed by atoms with Crippen molar-refractivity contribution in [2.24, 2.45) is 17.8 Å². The number of hydrogen-bond acceptors (Lipinski definition) is 10. The van der Waals surface area contributed by atoms with Crippen LogP contribution >= 0.6 is 0 Å². The van der Waals surface area contributed by atoms with Crippen molar-refractivity contribution in [3.05, 3.63) is 0 Å². The number of amides is 3. The summed E-state index contributed by atoms with van der Waals surface area (Å²) < 4.78 is 21.3. The highest BCUT2D eigenvalue weighted by Gasteiger charge is 2.21. The van der Waals surface area contributed by atoms with Gasteiger partial charge in [0.25, 0.3) is 0 Å². The van der Waals surface area contributed by atoms with Gasteiger partial charge in [-0.3, -0.25) is 24.0 Å². The van der Waals surface area contributed by atoms with Gasteiger partial charge in [0.2, 0.25) is 17.7 Å². The summed E-state index contributed by atoms with van der Waals surface area (Å²) in [6.45, 7) is 9.93. The summed E-state index contributed by atoms with van der Waals surface area (Å²) in [5.74, 6) is -2.34. The summed E-state index contributed by atoms with van der Waals surface area (Å²) in [6, 6.07) is -1.13. The minimum absolute atomic E-state index is 0.00928. The lowest BCUT2D eigenvalue weighted by atomic mass is 9.94. The zero-order chi connectivity index (χ0) is 43.2. The van der Waals surface area contributed by atoms with Gasteiger partial charge in [-0.1, -0.05) is 111 Å². The first-order valence-electron chi connectivity index (χ1n) is 22.0. The lowest BCUT2D eigenvalue weighted by Gasteiger charge is -2.14. The summed E-state index contributed by atoms with van der Waals surface area (Å²) in [5.41, 5.74) is 0. The number of nitrogens with one attached hydrogen (secondary N) is 3. The van der Waals surface area contributed by atoms with Crippen LogP contribution in [-0.2, 0) is 47.7 Å². The van der Waals surface area contributed by atoms with Gasteiger partial charge in [-0.25, -0.2) is 4.79 Å². The number of carboxylic acids is 2. The summed E-state index contributed by atoms with van der Waals surface area (Å²) in [6.07, 6.45) is 17.5. The van der Waals surface area contributed by atoms with E-state index in [-0.39, 0.29) is 94.2 Å². The molecule has 5 N–H and O–H groups in total. The minimum Gasteiger partial charge on any atom is -0.481 e. The number of carbonyl (C=O) groups excluding carboxylic acids is 4. The monoisotopic (exact) mass is 830 g/mol. The molecular formula is C43H79N3O12. The van der Waals surface area contributed by atoms with Gasteiger partial charge in [0.15, 0.2) is 5.78 Å². The van der Waals surface area contributed by atoms with E-state index in [4.69, 9.17) is 24.1 Å².